The summed E-state index contributed by atoms with van der Waals surface area (Å²) in [5.74, 6) is -0.713. The van der Waals surface area contributed by atoms with Gasteiger partial charge < -0.3 is 15.3 Å². The number of likely N-dealkylation sites (tertiary alicyclic amines) is 1. The van der Waals surface area contributed by atoms with Crippen molar-refractivity contribution in [3.05, 3.63) is 47.7 Å². The van der Waals surface area contributed by atoms with Gasteiger partial charge >= 0.3 is 5.97 Å². The van der Waals surface area contributed by atoms with Crippen LogP contribution in [-0.2, 0) is 16.0 Å². The zero-order chi connectivity index (χ0) is 18.8. The lowest BCUT2D eigenvalue weighted by Gasteiger charge is -2.31. The van der Waals surface area contributed by atoms with E-state index < -0.39 is 11.9 Å². The molecule has 0 unspecified atom stereocenters. The van der Waals surface area contributed by atoms with Gasteiger partial charge in [-0.25, -0.2) is 0 Å². The maximum atomic E-state index is 12.0. The van der Waals surface area contributed by atoms with E-state index >= 15 is 0 Å². The van der Waals surface area contributed by atoms with Gasteiger partial charge in [-0.3, -0.25) is 9.59 Å². The maximum absolute atomic E-state index is 12.0. The lowest BCUT2D eigenvalue weighted by Crippen LogP contribution is -2.32. The Hall–Kier alpha value is -2.81. The van der Waals surface area contributed by atoms with Gasteiger partial charge in [0.05, 0.1) is 0 Å². The monoisotopic (exact) mass is 355 g/mol. The van der Waals surface area contributed by atoms with E-state index in [2.05, 4.69) is 29.6 Å². The van der Waals surface area contributed by atoms with E-state index in [4.69, 9.17) is 5.11 Å². The van der Waals surface area contributed by atoms with Crippen LogP contribution in [0.1, 0.15) is 31.2 Å². The van der Waals surface area contributed by atoms with Gasteiger partial charge in [0, 0.05) is 32.3 Å². The number of aliphatic carboxylic acids is 1. The summed E-state index contributed by atoms with van der Waals surface area (Å²) in [6.45, 7) is 1.91. The minimum absolute atomic E-state index is 0.000803. The number of benzene rings is 1. The average molecular weight is 355 g/mol. The second kappa shape index (κ2) is 10.2. The van der Waals surface area contributed by atoms with E-state index in [9.17, 15) is 14.9 Å². The Kier molecular flexibility index (Phi) is 7.69. The number of carbonyl (C=O) groups is 2. The molecule has 1 fully saturated rings. The minimum atomic E-state index is -0.895. The SMILES string of the molecule is N#C/C(=C/N1CCC(Cc2ccccc2)CC1)C(=O)NCCCC(=O)O. The van der Waals surface area contributed by atoms with Gasteiger partial charge in [-0.1, -0.05) is 30.3 Å². The molecule has 138 valence electrons. The molecule has 1 aromatic carbocycles. The Morgan fingerprint density at radius 3 is 2.58 bits per heavy atom. The van der Waals surface area contributed by atoms with Gasteiger partial charge in [-0.2, -0.15) is 5.26 Å². The molecule has 1 aliphatic rings. The van der Waals surface area contributed by atoms with Crippen molar-refractivity contribution in [3.63, 3.8) is 0 Å². The number of piperidine rings is 1. The van der Waals surface area contributed by atoms with Crippen LogP contribution < -0.4 is 5.32 Å². The number of hydrogen-bond donors (Lipinski definition) is 2. The predicted octanol–water partition coefficient (Wildman–Crippen LogP) is 2.33. The lowest BCUT2D eigenvalue weighted by atomic mass is 9.90. The van der Waals surface area contributed by atoms with Crippen LogP contribution in [0.15, 0.2) is 42.1 Å². The normalized spacial score (nSPS) is 15.3. The molecule has 0 saturated carbocycles. The number of amides is 1. The topological polar surface area (TPSA) is 93.4 Å². The third kappa shape index (κ3) is 6.60. The van der Waals surface area contributed by atoms with Gasteiger partial charge in [0.2, 0.25) is 0 Å². The third-order valence-corrected chi connectivity index (χ3v) is 4.55. The molecule has 6 heteroatoms. The summed E-state index contributed by atoms with van der Waals surface area (Å²) in [5, 5.41) is 20.4. The van der Waals surface area contributed by atoms with Crippen molar-refractivity contribution in [2.75, 3.05) is 19.6 Å². The first-order chi connectivity index (χ1) is 12.6. The molecule has 0 bridgehead atoms. The lowest BCUT2D eigenvalue weighted by molar-refractivity contribution is -0.137. The molecule has 1 aliphatic heterocycles. The smallest absolute Gasteiger partial charge is 0.303 e. The molecule has 0 radical (unpaired) electrons. The molecular formula is C20H25N3O3. The van der Waals surface area contributed by atoms with Crippen LogP contribution in [0.4, 0.5) is 0 Å². The minimum Gasteiger partial charge on any atom is -0.481 e. The molecular weight excluding hydrogens is 330 g/mol. The summed E-state index contributed by atoms with van der Waals surface area (Å²) in [4.78, 5) is 24.5. The standard InChI is InChI=1S/C20H25N3O3/c21-14-18(20(26)22-10-4-7-19(24)25)15-23-11-8-17(9-12-23)13-16-5-2-1-3-6-16/h1-3,5-6,15,17H,4,7-13H2,(H,22,26)(H,24,25)/b18-15-. The fraction of sp³-hybridized carbons (Fsp3) is 0.450. The Morgan fingerprint density at radius 1 is 1.27 bits per heavy atom. The average Bonchev–Trinajstić information content (AvgIpc) is 2.65. The molecule has 1 saturated heterocycles. The zero-order valence-corrected chi connectivity index (χ0v) is 14.9. The van der Waals surface area contributed by atoms with Gasteiger partial charge in [-0.15, -0.1) is 0 Å². The molecule has 2 rings (SSSR count). The molecule has 26 heavy (non-hydrogen) atoms. The van der Waals surface area contributed by atoms with Gasteiger partial charge in [0.25, 0.3) is 5.91 Å². The van der Waals surface area contributed by atoms with Crippen molar-refractivity contribution in [2.24, 2.45) is 5.92 Å². The van der Waals surface area contributed by atoms with Crippen LogP contribution in [0.3, 0.4) is 0 Å². The number of nitrogens with zero attached hydrogens (tertiary/aromatic N) is 2. The Labute approximate surface area is 154 Å². The number of carbonyl (C=O) groups excluding carboxylic acids is 1. The highest BCUT2D eigenvalue weighted by Gasteiger charge is 2.19. The van der Waals surface area contributed by atoms with Gasteiger partial charge in [0.15, 0.2) is 0 Å². The number of carboxylic acids is 1. The van der Waals surface area contributed by atoms with E-state index in [0.29, 0.717) is 12.3 Å². The van der Waals surface area contributed by atoms with E-state index in [1.807, 2.05) is 17.0 Å². The van der Waals surface area contributed by atoms with Crippen molar-refractivity contribution in [2.45, 2.75) is 32.1 Å². The maximum Gasteiger partial charge on any atom is 0.303 e. The van der Waals surface area contributed by atoms with Gasteiger partial charge in [0.1, 0.15) is 11.6 Å². The molecule has 6 nitrogen and oxygen atoms in total. The summed E-state index contributed by atoms with van der Waals surface area (Å²) in [7, 11) is 0. The van der Waals surface area contributed by atoms with Crippen LogP contribution in [0, 0.1) is 17.2 Å². The highest BCUT2D eigenvalue weighted by molar-refractivity contribution is 5.97. The molecule has 0 aromatic heterocycles. The molecule has 0 atom stereocenters. The van der Waals surface area contributed by atoms with Crippen LogP contribution in [0.2, 0.25) is 0 Å². The van der Waals surface area contributed by atoms with Crippen LogP contribution in [0.5, 0.6) is 0 Å². The largest absolute Gasteiger partial charge is 0.481 e. The first-order valence-electron chi connectivity index (χ1n) is 8.98. The van der Waals surface area contributed by atoms with E-state index in [-0.39, 0.29) is 18.5 Å². The second-order valence-corrected chi connectivity index (χ2v) is 6.58. The number of nitrogens with one attached hydrogen (secondary N) is 1. The number of rotatable bonds is 8. The van der Waals surface area contributed by atoms with Crippen molar-refractivity contribution >= 4 is 11.9 Å². The predicted molar refractivity (Wildman–Crippen MR) is 98.0 cm³/mol. The summed E-state index contributed by atoms with van der Waals surface area (Å²) in [6.07, 6.45) is 5.11. The van der Waals surface area contributed by atoms with Crippen molar-refractivity contribution in [1.29, 1.82) is 5.26 Å². The van der Waals surface area contributed by atoms with Crippen molar-refractivity contribution < 1.29 is 14.7 Å². The molecule has 0 spiro atoms. The zero-order valence-electron chi connectivity index (χ0n) is 14.9. The molecule has 1 amide bonds. The number of nitriles is 1. The Morgan fingerprint density at radius 2 is 1.96 bits per heavy atom. The van der Waals surface area contributed by atoms with Gasteiger partial charge in [-0.05, 0) is 37.2 Å². The van der Waals surface area contributed by atoms with E-state index in [0.717, 1.165) is 32.4 Å². The van der Waals surface area contributed by atoms with Crippen LogP contribution in [-0.4, -0.2) is 41.5 Å². The quantitative estimate of drug-likeness (QED) is 0.424. The van der Waals surface area contributed by atoms with E-state index in [1.54, 1.807) is 6.20 Å². The molecule has 1 aromatic rings. The van der Waals surface area contributed by atoms with Crippen LogP contribution in [0.25, 0.3) is 0 Å². The first-order valence-corrected chi connectivity index (χ1v) is 8.98. The molecule has 0 aliphatic carbocycles. The Bertz CT molecular complexity index is 671. The second-order valence-electron chi connectivity index (χ2n) is 6.58. The first kappa shape index (κ1) is 19.5. The summed E-state index contributed by atoms with van der Waals surface area (Å²) in [5.41, 5.74) is 1.42. The number of carboxylic acid groups (broad SMARTS) is 1. The fourth-order valence-electron chi connectivity index (χ4n) is 3.09. The fourth-order valence-corrected chi connectivity index (χ4v) is 3.09. The highest BCUT2D eigenvalue weighted by Crippen LogP contribution is 2.22. The number of hydrogen-bond acceptors (Lipinski definition) is 4. The summed E-state index contributed by atoms with van der Waals surface area (Å²) >= 11 is 0. The van der Waals surface area contributed by atoms with E-state index in [1.165, 1.54) is 5.56 Å². The highest BCUT2D eigenvalue weighted by atomic mass is 16.4. The van der Waals surface area contributed by atoms with Crippen molar-refractivity contribution in [3.8, 4) is 6.07 Å². The van der Waals surface area contributed by atoms with Crippen molar-refractivity contribution in [1.82, 2.24) is 10.2 Å². The summed E-state index contributed by atoms with van der Waals surface area (Å²) < 4.78 is 0. The summed E-state index contributed by atoms with van der Waals surface area (Å²) in [6, 6.07) is 12.4. The third-order valence-electron chi connectivity index (χ3n) is 4.55. The molecule has 2 N–H and O–H groups in total. The van der Waals surface area contributed by atoms with Crippen LogP contribution >= 0.6 is 0 Å². The molecule has 1 heterocycles. The Balaban J connectivity index is 1.78.